The van der Waals surface area contributed by atoms with Gasteiger partial charge in [-0.3, -0.25) is 0 Å². The molecular formula is C44H31NO2. The zero-order chi connectivity index (χ0) is 31.3. The van der Waals surface area contributed by atoms with Crippen LogP contribution in [0.3, 0.4) is 0 Å². The number of hydrogen-bond acceptors (Lipinski definition) is 3. The van der Waals surface area contributed by atoms with Crippen molar-refractivity contribution in [3.05, 3.63) is 169 Å². The first-order valence-corrected chi connectivity index (χ1v) is 16.0. The molecule has 0 unspecified atom stereocenters. The summed E-state index contributed by atoms with van der Waals surface area (Å²) in [4.78, 5) is 2.32. The van der Waals surface area contributed by atoms with Gasteiger partial charge in [-0.2, -0.15) is 0 Å². The Balaban J connectivity index is 1.11. The topological polar surface area (TPSA) is 25.6 Å². The molecule has 0 spiro atoms. The number of aryl methyl sites for hydroxylation is 1. The molecule has 224 valence electrons. The standard InChI is InChI=1S/C44H31NO2/c1-29-6-4-7-33(26-29)30-12-19-36(20-13-30)45(37-21-14-31(15-22-37)34-18-25-42-35(27-34)28-46-42)38-23-16-32(17-24-38)39-9-5-10-41-40-8-2-3-11-43(40)47-44(39)41/h2-27H,28H2,1H3. The van der Waals surface area contributed by atoms with E-state index >= 15 is 0 Å². The smallest absolute Gasteiger partial charge is 0.143 e. The van der Waals surface area contributed by atoms with Gasteiger partial charge in [0, 0.05) is 39.0 Å². The molecule has 8 aromatic rings. The lowest BCUT2D eigenvalue weighted by Gasteiger charge is -2.26. The van der Waals surface area contributed by atoms with Crippen LogP contribution in [-0.4, -0.2) is 0 Å². The van der Waals surface area contributed by atoms with E-state index in [0.717, 1.165) is 55.9 Å². The molecule has 0 aliphatic carbocycles. The second-order valence-electron chi connectivity index (χ2n) is 12.2. The van der Waals surface area contributed by atoms with Crippen LogP contribution in [0.4, 0.5) is 17.1 Å². The lowest BCUT2D eigenvalue weighted by atomic mass is 10.00. The van der Waals surface area contributed by atoms with Crippen LogP contribution in [0.15, 0.2) is 162 Å². The highest BCUT2D eigenvalue weighted by atomic mass is 16.5. The van der Waals surface area contributed by atoms with E-state index in [9.17, 15) is 0 Å². The number of rotatable bonds is 6. The molecule has 9 rings (SSSR count). The van der Waals surface area contributed by atoms with Crippen molar-refractivity contribution in [1.82, 2.24) is 0 Å². The summed E-state index contributed by atoms with van der Waals surface area (Å²) in [5.41, 5.74) is 14.6. The summed E-state index contributed by atoms with van der Waals surface area (Å²) in [7, 11) is 0. The lowest BCUT2D eigenvalue weighted by molar-refractivity contribution is 0.243. The summed E-state index contributed by atoms with van der Waals surface area (Å²) < 4.78 is 11.9. The molecule has 0 amide bonds. The van der Waals surface area contributed by atoms with E-state index in [4.69, 9.17) is 9.15 Å². The summed E-state index contributed by atoms with van der Waals surface area (Å²) >= 11 is 0. The average molecular weight is 606 g/mol. The molecule has 47 heavy (non-hydrogen) atoms. The zero-order valence-corrected chi connectivity index (χ0v) is 26.0. The summed E-state index contributed by atoms with van der Waals surface area (Å²) in [5, 5.41) is 2.28. The first kappa shape index (κ1) is 27.3. The lowest BCUT2D eigenvalue weighted by Crippen LogP contribution is -2.10. The van der Waals surface area contributed by atoms with Crippen LogP contribution in [0.2, 0.25) is 0 Å². The number of ether oxygens (including phenoxy) is 1. The number of furan rings is 1. The Morgan fingerprint density at radius 2 is 1.09 bits per heavy atom. The minimum Gasteiger partial charge on any atom is -0.488 e. The normalized spacial score (nSPS) is 12.0. The fourth-order valence-corrected chi connectivity index (χ4v) is 6.73. The van der Waals surface area contributed by atoms with Crippen molar-refractivity contribution < 1.29 is 9.15 Å². The van der Waals surface area contributed by atoms with Gasteiger partial charge in [0.25, 0.3) is 0 Å². The van der Waals surface area contributed by atoms with Crippen LogP contribution in [0.5, 0.6) is 5.75 Å². The van der Waals surface area contributed by atoms with Gasteiger partial charge in [0.15, 0.2) is 0 Å². The van der Waals surface area contributed by atoms with E-state index in [1.165, 1.54) is 33.4 Å². The minimum atomic E-state index is 0.689. The van der Waals surface area contributed by atoms with E-state index in [1.807, 2.05) is 12.1 Å². The highest BCUT2D eigenvalue weighted by molar-refractivity contribution is 6.09. The number of fused-ring (bicyclic) bond motifs is 4. The van der Waals surface area contributed by atoms with Gasteiger partial charge >= 0.3 is 0 Å². The Hall–Kier alpha value is -6.06. The van der Waals surface area contributed by atoms with Gasteiger partial charge in [0.2, 0.25) is 0 Å². The molecule has 0 fully saturated rings. The van der Waals surface area contributed by atoms with E-state index in [2.05, 4.69) is 157 Å². The van der Waals surface area contributed by atoms with Crippen molar-refractivity contribution in [3.63, 3.8) is 0 Å². The highest BCUT2D eigenvalue weighted by Gasteiger charge is 2.17. The van der Waals surface area contributed by atoms with Crippen LogP contribution in [-0.2, 0) is 6.61 Å². The zero-order valence-electron chi connectivity index (χ0n) is 26.0. The molecule has 0 N–H and O–H groups in total. The van der Waals surface area contributed by atoms with Crippen molar-refractivity contribution in [1.29, 1.82) is 0 Å². The third kappa shape index (κ3) is 4.84. The quantitative estimate of drug-likeness (QED) is 0.189. The predicted octanol–water partition coefficient (Wildman–Crippen LogP) is 12.3. The maximum atomic E-state index is 6.36. The van der Waals surface area contributed by atoms with Gasteiger partial charge in [-0.15, -0.1) is 0 Å². The van der Waals surface area contributed by atoms with E-state index in [0.29, 0.717) is 6.61 Å². The predicted molar refractivity (Wildman–Crippen MR) is 194 cm³/mol. The summed E-state index contributed by atoms with van der Waals surface area (Å²) in [6, 6.07) is 56.2. The van der Waals surface area contributed by atoms with Crippen molar-refractivity contribution >= 4 is 39.0 Å². The van der Waals surface area contributed by atoms with Gasteiger partial charge in [-0.25, -0.2) is 0 Å². The first-order valence-electron chi connectivity index (χ1n) is 16.0. The van der Waals surface area contributed by atoms with Crippen molar-refractivity contribution in [2.45, 2.75) is 13.5 Å². The minimum absolute atomic E-state index is 0.689. The average Bonchev–Trinajstić information content (AvgIpc) is 3.49. The van der Waals surface area contributed by atoms with Crippen molar-refractivity contribution in [2.24, 2.45) is 0 Å². The number of nitrogens with zero attached hydrogens (tertiary/aromatic N) is 1. The van der Waals surface area contributed by atoms with E-state index < -0.39 is 0 Å². The number of hydrogen-bond donors (Lipinski definition) is 0. The van der Waals surface area contributed by atoms with E-state index in [-0.39, 0.29) is 0 Å². The molecule has 3 heteroatoms. The third-order valence-electron chi connectivity index (χ3n) is 9.22. The molecule has 1 aliphatic heterocycles. The maximum Gasteiger partial charge on any atom is 0.143 e. The Labute approximate surface area is 273 Å². The number of anilines is 3. The van der Waals surface area contributed by atoms with Crippen LogP contribution in [0, 0.1) is 6.92 Å². The van der Waals surface area contributed by atoms with Gasteiger partial charge in [0.05, 0.1) is 0 Å². The van der Waals surface area contributed by atoms with Gasteiger partial charge in [-0.1, -0.05) is 109 Å². The second-order valence-corrected chi connectivity index (χ2v) is 12.2. The second kappa shape index (κ2) is 11.1. The molecule has 3 nitrogen and oxygen atoms in total. The summed E-state index contributed by atoms with van der Waals surface area (Å²) in [5.74, 6) is 0.991. The molecule has 0 bridgehead atoms. The first-order chi connectivity index (χ1) is 23.2. The highest BCUT2D eigenvalue weighted by Crippen LogP contribution is 2.40. The molecule has 1 aliphatic rings. The Morgan fingerprint density at radius 3 is 1.72 bits per heavy atom. The summed E-state index contributed by atoms with van der Waals surface area (Å²) in [6.07, 6.45) is 0. The van der Waals surface area contributed by atoms with Crippen molar-refractivity contribution in [3.8, 4) is 39.1 Å². The molecule has 0 radical (unpaired) electrons. The van der Waals surface area contributed by atoms with E-state index in [1.54, 1.807) is 0 Å². The molecular weight excluding hydrogens is 574 g/mol. The fraction of sp³-hybridized carbons (Fsp3) is 0.0455. The monoisotopic (exact) mass is 605 g/mol. The molecule has 0 saturated heterocycles. The molecule has 0 saturated carbocycles. The van der Waals surface area contributed by atoms with Crippen molar-refractivity contribution in [2.75, 3.05) is 4.90 Å². The molecule has 2 heterocycles. The van der Waals surface area contributed by atoms with Crippen LogP contribution in [0.25, 0.3) is 55.3 Å². The number of para-hydroxylation sites is 2. The largest absolute Gasteiger partial charge is 0.488 e. The van der Waals surface area contributed by atoms with Crippen LogP contribution in [0.1, 0.15) is 11.1 Å². The Kier molecular flexibility index (Phi) is 6.43. The number of benzene rings is 7. The Bertz CT molecular complexity index is 2400. The molecule has 1 aromatic heterocycles. The Morgan fingerprint density at radius 1 is 0.489 bits per heavy atom. The van der Waals surface area contributed by atoms with Crippen LogP contribution >= 0.6 is 0 Å². The molecule has 7 aromatic carbocycles. The SMILES string of the molecule is Cc1cccc(-c2ccc(N(c3ccc(-c4ccc5c(c4)CO5)cc3)c3ccc(-c4cccc5c4oc4ccccc45)cc3)cc2)c1. The van der Waals surface area contributed by atoms with Gasteiger partial charge in [-0.05, 0) is 89.3 Å². The summed E-state index contributed by atoms with van der Waals surface area (Å²) in [6.45, 7) is 2.82. The molecule has 0 atom stereocenters. The fourth-order valence-electron chi connectivity index (χ4n) is 6.73. The third-order valence-corrected chi connectivity index (χ3v) is 9.22. The van der Waals surface area contributed by atoms with Crippen LogP contribution < -0.4 is 9.64 Å². The van der Waals surface area contributed by atoms with Gasteiger partial charge < -0.3 is 14.1 Å². The maximum absolute atomic E-state index is 6.36. The van der Waals surface area contributed by atoms with Gasteiger partial charge in [0.1, 0.15) is 23.5 Å².